The van der Waals surface area contributed by atoms with Crippen molar-refractivity contribution >= 4 is 11.9 Å². The molecule has 1 amide bonds. The Balaban J connectivity index is 1.87. The van der Waals surface area contributed by atoms with E-state index >= 15 is 0 Å². The van der Waals surface area contributed by atoms with E-state index in [0.717, 1.165) is 17.7 Å². The Morgan fingerprint density at radius 2 is 1.78 bits per heavy atom. The van der Waals surface area contributed by atoms with Gasteiger partial charge in [0.2, 0.25) is 0 Å². The fourth-order valence-corrected chi connectivity index (χ4v) is 2.38. The molecule has 0 spiro atoms. The van der Waals surface area contributed by atoms with E-state index in [1.807, 2.05) is 30.3 Å². The molecule has 0 bridgehead atoms. The van der Waals surface area contributed by atoms with Crippen molar-refractivity contribution in [2.24, 2.45) is 0 Å². The summed E-state index contributed by atoms with van der Waals surface area (Å²) >= 11 is 0. The average molecular weight is 363 g/mol. The molecule has 0 saturated heterocycles. The summed E-state index contributed by atoms with van der Waals surface area (Å²) < 4.78 is 10.3. The number of allylic oxidation sites excluding steroid dienone is 1. The maximum Gasteiger partial charge on any atom is 0.338 e. The number of methoxy groups -OCH3 is 1. The minimum atomic E-state index is -0.557. The van der Waals surface area contributed by atoms with E-state index in [1.165, 1.54) is 7.11 Å². The number of esters is 1. The molecular formula is C22H21NO4. The molecule has 0 atom stereocenters. The first-order chi connectivity index (χ1) is 13.2. The Morgan fingerprint density at radius 3 is 2.52 bits per heavy atom. The summed E-state index contributed by atoms with van der Waals surface area (Å²) in [5, 5.41) is 2.66. The third-order valence-corrected chi connectivity index (χ3v) is 3.68. The maximum atomic E-state index is 12.2. The SMILES string of the molecule is C=CCc1ccccc1OCC#CCNC(=O)c1ccccc1C(=O)OC. The summed E-state index contributed by atoms with van der Waals surface area (Å²) in [6.07, 6.45) is 2.54. The standard InChI is InChI=1S/C22H21NO4/c1-3-10-17-11-4-7-14-20(17)27-16-9-8-15-23-21(24)18-12-5-6-13-19(18)22(25)26-2/h3-7,11-14H,1,10,15-16H2,2H3,(H,23,24). The lowest BCUT2D eigenvalue weighted by Gasteiger charge is -2.07. The van der Waals surface area contributed by atoms with Gasteiger partial charge >= 0.3 is 5.97 Å². The second-order valence-electron chi connectivity index (χ2n) is 5.46. The number of hydrogen-bond donors (Lipinski definition) is 1. The van der Waals surface area contributed by atoms with Gasteiger partial charge in [0.15, 0.2) is 0 Å². The molecule has 0 fully saturated rings. The highest BCUT2D eigenvalue weighted by molar-refractivity contribution is 6.05. The Bertz CT molecular complexity index is 877. The molecular weight excluding hydrogens is 342 g/mol. The predicted molar refractivity (Wildman–Crippen MR) is 104 cm³/mol. The van der Waals surface area contributed by atoms with E-state index in [2.05, 4.69) is 28.5 Å². The maximum absolute atomic E-state index is 12.2. The van der Waals surface area contributed by atoms with Gasteiger partial charge in [-0.25, -0.2) is 4.79 Å². The third kappa shape index (κ3) is 5.75. The van der Waals surface area contributed by atoms with Gasteiger partial charge in [0.1, 0.15) is 12.4 Å². The summed E-state index contributed by atoms with van der Waals surface area (Å²) in [5.41, 5.74) is 1.51. The summed E-state index contributed by atoms with van der Waals surface area (Å²) in [6, 6.07) is 14.2. The Hall–Kier alpha value is -3.52. The van der Waals surface area contributed by atoms with Gasteiger partial charge in [-0.2, -0.15) is 0 Å². The molecule has 5 nitrogen and oxygen atoms in total. The quantitative estimate of drug-likeness (QED) is 0.467. The van der Waals surface area contributed by atoms with Crippen LogP contribution in [-0.4, -0.2) is 32.1 Å². The zero-order valence-corrected chi connectivity index (χ0v) is 15.2. The van der Waals surface area contributed by atoms with Gasteiger partial charge in [0.25, 0.3) is 5.91 Å². The van der Waals surface area contributed by atoms with Crippen LogP contribution in [0.15, 0.2) is 61.2 Å². The zero-order valence-electron chi connectivity index (χ0n) is 15.2. The highest BCUT2D eigenvalue weighted by atomic mass is 16.5. The topological polar surface area (TPSA) is 64.6 Å². The van der Waals surface area contributed by atoms with Crippen molar-refractivity contribution in [3.05, 3.63) is 77.9 Å². The number of benzene rings is 2. The van der Waals surface area contributed by atoms with Crippen LogP contribution in [0, 0.1) is 11.8 Å². The van der Waals surface area contributed by atoms with Crippen LogP contribution in [0.25, 0.3) is 0 Å². The highest BCUT2D eigenvalue weighted by Gasteiger charge is 2.16. The smallest absolute Gasteiger partial charge is 0.338 e. The van der Waals surface area contributed by atoms with Crippen LogP contribution in [0.1, 0.15) is 26.3 Å². The Morgan fingerprint density at radius 1 is 1.07 bits per heavy atom. The molecule has 5 heteroatoms. The van der Waals surface area contributed by atoms with Crippen LogP contribution in [0.5, 0.6) is 5.75 Å². The number of hydrogen-bond acceptors (Lipinski definition) is 4. The Labute approximate surface area is 159 Å². The molecule has 1 N–H and O–H groups in total. The predicted octanol–water partition coefficient (Wildman–Crippen LogP) is 3.01. The van der Waals surface area contributed by atoms with Crippen LogP contribution >= 0.6 is 0 Å². The molecule has 0 aliphatic heterocycles. The number of amides is 1. The van der Waals surface area contributed by atoms with Crippen LogP contribution in [0.2, 0.25) is 0 Å². The number of nitrogens with one attached hydrogen (secondary N) is 1. The molecule has 27 heavy (non-hydrogen) atoms. The van der Waals surface area contributed by atoms with E-state index in [1.54, 1.807) is 24.3 Å². The van der Waals surface area contributed by atoms with Crippen molar-refractivity contribution in [1.82, 2.24) is 5.32 Å². The van der Waals surface area contributed by atoms with Gasteiger partial charge in [0.05, 0.1) is 24.8 Å². The van der Waals surface area contributed by atoms with Crippen LogP contribution < -0.4 is 10.1 Å². The number of carbonyl (C=O) groups excluding carboxylic acids is 2. The summed E-state index contributed by atoms with van der Waals surface area (Å²) in [7, 11) is 1.27. The van der Waals surface area contributed by atoms with Crippen molar-refractivity contribution in [2.75, 3.05) is 20.3 Å². The normalized spacial score (nSPS) is 9.52. The molecule has 0 heterocycles. The second-order valence-corrected chi connectivity index (χ2v) is 5.46. The number of rotatable bonds is 7. The number of ether oxygens (including phenoxy) is 2. The van der Waals surface area contributed by atoms with Crippen molar-refractivity contribution in [3.8, 4) is 17.6 Å². The van der Waals surface area contributed by atoms with Gasteiger partial charge in [-0.05, 0) is 30.2 Å². The van der Waals surface area contributed by atoms with E-state index in [4.69, 9.17) is 4.74 Å². The van der Waals surface area contributed by atoms with Gasteiger partial charge in [-0.3, -0.25) is 4.79 Å². The van der Waals surface area contributed by atoms with Crippen molar-refractivity contribution in [3.63, 3.8) is 0 Å². The van der Waals surface area contributed by atoms with Gasteiger partial charge in [0, 0.05) is 0 Å². The van der Waals surface area contributed by atoms with Crippen LogP contribution in [0.3, 0.4) is 0 Å². The van der Waals surface area contributed by atoms with Gasteiger partial charge in [-0.15, -0.1) is 6.58 Å². The first kappa shape index (κ1) is 19.8. The monoisotopic (exact) mass is 363 g/mol. The Kier molecular flexibility index (Phi) is 7.68. The number of para-hydroxylation sites is 1. The fourth-order valence-electron chi connectivity index (χ4n) is 2.38. The van der Waals surface area contributed by atoms with E-state index in [-0.39, 0.29) is 30.2 Å². The highest BCUT2D eigenvalue weighted by Crippen LogP contribution is 2.18. The fraction of sp³-hybridized carbons (Fsp3) is 0.182. The molecule has 0 aromatic heterocycles. The minimum absolute atomic E-state index is 0.145. The molecule has 2 aromatic rings. The largest absolute Gasteiger partial charge is 0.481 e. The zero-order chi connectivity index (χ0) is 19.5. The molecule has 0 saturated carbocycles. The lowest BCUT2D eigenvalue weighted by molar-refractivity contribution is 0.0596. The molecule has 2 rings (SSSR count). The first-order valence-corrected chi connectivity index (χ1v) is 8.40. The minimum Gasteiger partial charge on any atom is -0.481 e. The molecule has 0 aliphatic rings. The third-order valence-electron chi connectivity index (χ3n) is 3.68. The van der Waals surface area contributed by atoms with Crippen molar-refractivity contribution in [2.45, 2.75) is 6.42 Å². The molecule has 138 valence electrons. The van der Waals surface area contributed by atoms with Gasteiger partial charge < -0.3 is 14.8 Å². The van der Waals surface area contributed by atoms with Crippen molar-refractivity contribution in [1.29, 1.82) is 0 Å². The summed E-state index contributed by atoms with van der Waals surface area (Å²) in [5.74, 6) is 5.50. The summed E-state index contributed by atoms with van der Waals surface area (Å²) in [6.45, 7) is 4.09. The summed E-state index contributed by atoms with van der Waals surface area (Å²) in [4.78, 5) is 23.9. The van der Waals surface area contributed by atoms with E-state index < -0.39 is 5.97 Å². The lowest BCUT2D eigenvalue weighted by Crippen LogP contribution is -2.25. The lowest BCUT2D eigenvalue weighted by atomic mass is 10.1. The molecule has 0 unspecified atom stereocenters. The van der Waals surface area contributed by atoms with Gasteiger partial charge in [-0.1, -0.05) is 48.2 Å². The first-order valence-electron chi connectivity index (χ1n) is 8.40. The average Bonchev–Trinajstić information content (AvgIpc) is 2.71. The molecule has 0 radical (unpaired) electrons. The van der Waals surface area contributed by atoms with E-state index in [0.29, 0.717) is 0 Å². The molecule has 0 aliphatic carbocycles. The second kappa shape index (κ2) is 10.5. The number of carbonyl (C=O) groups is 2. The molecule has 2 aromatic carbocycles. The van der Waals surface area contributed by atoms with Crippen LogP contribution in [-0.2, 0) is 11.2 Å². The van der Waals surface area contributed by atoms with E-state index in [9.17, 15) is 9.59 Å². The van der Waals surface area contributed by atoms with Crippen molar-refractivity contribution < 1.29 is 19.1 Å². The van der Waals surface area contributed by atoms with Crippen LogP contribution in [0.4, 0.5) is 0 Å².